The summed E-state index contributed by atoms with van der Waals surface area (Å²) >= 11 is 5.20. The molecule has 1 aliphatic rings. The third kappa shape index (κ3) is 4.75. The molecule has 0 spiro atoms. The molecule has 166 valence electrons. The smallest absolute Gasteiger partial charge is 0.270 e. The number of carbonyl (C=O) groups is 2. The number of rotatable bonds is 6. The van der Waals surface area contributed by atoms with Gasteiger partial charge in [0.15, 0.2) is 16.6 Å². The molecule has 6 nitrogen and oxygen atoms in total. The van der Waals surface area contributed by atoms with Crippen molar-refractivity contribution < 1.29 is 23.5 Å². The van der Waals surface area contributed by atoms with Crippen molar-refractivity contribution in [2.45, 2.75) is 6.61 Å². The molecule has 0 aliphatic carbocycles. The highest BCUT2D eigenvalue weighted by molar-refractivity contribution is 7.80. The number of nitrogens with zero attached hydrogens (tertiary/aromatic N) is 1. The third-order valence-corrected chi connectivity index (χ3v) is 5.24. The molecule has 4 rings (SSSR count). The van der Waals surface area contributed by atoms with E-state index in [0.717, 1.165) is 0 Å². The van der Waals surface area contributed by atoms with Gasteiger partial charge in [0.05, 0.1) is 12.8 Å². The number of ether oxygens (including phenoxy) is 2. The van der Waals surface area contributed by atoms with Gasteiger partial charge < -0.3 is 9.47 Å². The molecule has 1 N–H and O–H groups in total. The first-order chi connectivity index (χ1) is 16.0. The summed E-state index contributed by atoms with van der Waals surface area (Å²) < 4.78 is 25.0. The minimum Gasteiger partial charge on any atom is -0.493 e. The Morgan fingerprint density at radius 2 is 1.73 bits per heavy atom. The molecule has 33 heavy (non-hydrogen) atoms. The molecule has 0 aromatic heterocycles. The van der Waals surface area contributed by atoms with Crippen LogP contribution >= 0.6 is 12.2 Å². The first-order valence-corrected chi connectivity index (χ1v) is 10.4. The molecule has 1 heterocycles. The number of methoxy groups -OCH3 is 1. The van der Waals surface area contributed by atoms with Crippen LogP contribution in [-0.2, 0) is 16.2 Å². The lowest BCUT2D eigenvalue weighted by Crippen LogP contribution is -2.54. The predicted octanol–water partition coefficient (Wildman–Crippen LogP) is 4.24. The largest absolute Gasteiger partial charge is 0.493 e. The summed E-state index contributed by atoms with van der Waals surface area (Å²) in [5, 5.41) is 2.57. The van der Waals surface area contributed by atoms with Crippen LogP contribution in [0.1, 0.15) is 11.1 Å². The van der Waals surface area contributed by atoms with Gasteiger partial charge >= 0.3 is 0 Å². The first-order valence-electron chi connectivity index (χ1n) is 9.98. The number of anilines is 1. The fourth-order valence-corrected chi connectivity index (χ4v) is 3.58. The molecular weight excluding hydrogens is 443 g/mol. The van der Waals surface area contributed by atoms with Crippen LogP contribution in [0.3, 0.4) is 0 Å². The number of benzene rings is 3. The number of carbonyl (C=O) groups excluding carboxylic acids is 2. The van der Waals surface area contributed by atoms with Crippen molar-refractivity contribution >= 4 is 40.9 Å². The monoisotopic (exact) mass is 462 g/mol. The minimum absolute atomic E-state index is 0.0165. The Labute approximate surface area is 195 Å². The van der Waals surface area contributed by atoms with Gasteiger partial charge in [0.1, 0.15) is 18.0 Å². The van der Waals surface area contributed by atoms with E-state index in [1.165, 1.54) is 24.2 Å². The van der Waals surface area contributed by atoms with Crippen molar-refractivity contribution in [3.8, 4) is 11.5 Å². The van der Waals surface area contributed by atoms with E-state index in [4.69, 9.17) is 21.7 Å². The quantitative estimate of drug-likeness (QED) is 0.337. The molecule has 0 saturated carbocycles. The zero-order chi connectivity index (χ0) is 23.4. The van der Waals surface area contributed by atoms with Crippen LogP contribution in [0.15, 0.2) is 78.4 Å². The summed E-state index contributed by atoms with van der Waals surface area (Å²) in [5.74, 6) is -0.709. The van der Waals surface area contributed by atoms with Gasteiger partial charge in [-0.3, -0.25) is 19.8 Å². The molecule has 2 amide bonds. The lowest BCUT2D eigenvalue weighted by molar-refractivity contribution is -0.122. The van der Waals surface area contributed by atoms with Crippen LogP contribution in [0.25, 0.3) is 6.08 Å². The highest BCUT2D eigenvalue weighted by atomic mass is 32.1. The van der Waals surface area contributed by atoms with Gasteiger partial charge in [-0.25, -0.2) is 4.39 Å². The fourth-order valence-electron chi connectivity index (χ4n) is 3.30. The second-order valence-electron chi connectivity index (χ2n) is 7.08. The highest BCUT2D eigenvalue weighted by Gasteiger charge is 2.34. The summed E-state index contributed by atoms with van der Waals surface area (Å²) in [5.41, 5.74) is 1.43. The van der Waals surface area contributed by atoms with Gasteiger partial charge in [0.25, 0.3) is 11.8 Å². The molecule has 0 unspecified atom stereocenters. The van der Waals surface area contributed by atoms with E-state index in [2.05, 4.69) is 5.32 Å². The van der Waals surface area contributed by atoms with Crippen molar-refractivity contribution in [2.75, 3.05) is 12.0 Å². The summed E-state index contributed by atoms with van der Waals surface area (Å²) in [4.78, 5) is 26.9. The first kappa shape index (κ1) is 22.2. The zero-order valence-electron chi connectivity index (χ0n) is 17.6. The predicted molar refractivity (Wildman–Crippen MR) is 126 cm³/mol. The summed E-state index contributed by atoms with van der Waals surface area (Å²) in [6.45, 7) is 0.0217. The van der Waals surface area contributed by atoms with E-state index >= 15 is 0 Å². The lowest BCUT2D eigenvalue weighted by Gasteiger charge is -2.28. The van der Waals surface area contributed by atoms with E-state index < -0.39 is 11.8 Å². The number of thiocarbonyl (C=S) groups is 1. The van der Waals surface area contributed by atoms with Crippen LogP contribution in [-0.4, -0.2) is 24.0 Å². The molecular formula is C25H19FN2O4S. The van der Waals surface area contributed by atoms with Crippen molar-refractivity contribution in [1.29, 1.82) is 0 Å². The van der Waals surface area contributed by atoms with Crippen LogP contribution < -0.4 is 19.7 Å². The maximum absolute atomic E-state index is 13.9. The Hall–Kier alpha value is -4.04. The van der Waals surface area contributed by atoms with Crippen LogP contribution in [0.4, 0.5) is 10.1 Å². The van der Waals surface area contributed by atoms with Gasteiger partial charge in [-0.2, -0.15) is 0 Å². The fraction of sp³-hybridized carbons (Fsp3) is 0.0800. The molecule has 8 heteroatoms. The maximum atomic E-state index is 13.9. The Balaban J connectivity index is 1.60. The SMILES string of the molecule is COc1cc(C=C2C(=O)NC(=S)N(c3ccccc3)C2=O)ccc1OCc1ccccc1F. The van der Waals surface area contributed by atoms with Gasteiger partial charge in [0.2, 0.25) is 0 Å². The average Bonchev–Trinajstić information content (AvgIpc) is 2.82. The van der Waals surface area contributed by atoms with E-state index in [1.807, 2.05) is 6.07 Å². The number of nitrogens with one attached hydrogen (secondary N) is 1. The molecule has 0 bridgehead atoms. The number of para-hydroxylation sites is 1. The van der Waals surface area contributed by atoms with E-state index in [-0.39, 0.29) is 23.1 Å². The van der Waals surface area contributed by atoms with Gasteiger partial charge in [0, 0.05) is 5.56 Å². The van der Waals surface area contributed by atoms with Crippen molar-refractivity contribution in [3.05, 3.63) is 95.3 Å². The highest BCUT2D eigenvalue weighted by Crippen LogP contribution is 2.30. The number of amides is 2. The number of halogens is 1. The molecule has 1 fully saturated rings. The molecule has 0 radical (unpaired) electrons. The maximum Gasteiger partial charge on any atom is 0.270 e. The van der Waals surface area contributed by atoms with Crippen molar-refractivity contribution in [3.63, 3.8) is 0 Å². The van der Waals surface area contributed by atoms with E-state index in [9.17, 15) is 14.0 Å². The van der Waals surface area contributed by atoms with E-state index in [0.29, 0.717) is 28.3 Å². The standard InChI is InChI=1S/C25H19FN2O4S/c1-31-22-14-16(11-12-21(22)32-15-17-7-5-6-10-20(17)26)13-19-23(29)27-25(33)28(24(19)30)18-8-3-2-4-9-18/h2-14H,15H2,1H3,(H,27,29,33). The Bertz CT molecular complexity index is 1260. The van der Waals surface area contributed by atoms with E-state index in [1.54, 1.807) is 60.7 Å². The van der Waals surface area contributed by atoms with Gasteiger partial charge in [-0.05, 0) is 54.2 Å². The molecule has 1 saturated heterocycles. The Morgan fingerprint density at radius 3 is 2.45 bits per heavy atom. The normalized spacial score (nSPS) is 14.9. The van der Waals surface area contributed by atoms with Gasteiger partial charge in [-0.15, -0.1) is 0 Å². The van der Waals surface area contributed by atoms with Crippen LogP contribution in [0.2, 0.25) is 0 Å². The van der Waals surface area contributed by atoms with Crippen LogP contribution in [0.5, 0.6) is 11.5 Å². The summed E-state index contributed by atoms with van der Waals surface area (Å²) in [7, 11) is 1.47. The average molecular weight is 463 g/mol. The third-order valence-electron chi connectivity index (χ3n) is 4.96. The molecule has 0 atom stereocenters. The topological polar surface area (TPSA) is 67.9 Å². The Kier molecular flexibility index (Phi) is 6.46. The molecule has 1 aliphatic heterocycles. The number of hydrogen-bond donors (Lipinski definition) is 1. The zero-order valence-corrected chi connectivity index (χ0v) is 18.4. The van der Waals surface area contributed by atoms with Crippen molar-refractivity contribution in [1.82, 2.24) is 5.32 Å². The molecule has 3 aromatic carbocycles. The van der Waals surface area contributed by atoms with Gasteiger partial charge in [-0.1, -0.05) is 42.5 Å². The number of hydrogen-bond acceptors (Lipinski definition) is 5. The minimum atomic E-state index is -0.587. The Morgan fingerprint density at radius 1 is 1.00 bits per heavy atom. The van der Waals surface area contributed by atoms with Crippen molar-refractivity contribution in [2.24, 2.45) is 0 Å². The second kappa shape index (κ2) is 9.62. The van der Waals surface area contributed by atoms with Crippen LogP contribution in [0, 0.1) is 5.82 Å². The second-order valence-corrected chi connectivity index (χ2v) is 7.47. The molecule has 3 aromatic rings. The lowest BCUT2D eigenvalue weighted by atomic mass is 10.1. The summed E-state index contributed by atoms with van der Waals surface area (Å²) in [6.07, 6.45) is 1.46. The summed E-state index contributed by atoms with van der Waals surface area (Å²) in [6, 6.07) is 20.1.